The summed E-state index contributed by atoms with van der Waals surface area (Å²) in [5.74, 6) is 0.886. The maximum atomic E-state index is 12.2. The number of rotatable bonds is 6. The summed E-state index contributed by atoms with van der Waals surface area (Å²) < 4.78 is 7.31. The van der Waals surface area contributed by atoms with Crippen molar-refractivity contribution in [1.82, 2.24) is 35.2 Å². The number of carbonyl (C=O) groups excluding carboxylic acids is 1. The largest absolute Gasteiger partial charge is 0.376 e. The molecule has 1 amide bonds. The molecule has 2 aromatic heterocycles. The summed E-state index contributed by atoms with van der Waals surface area (Å²) in [5, 5.41) is 11.4. The molecule has 2 saturated heterocycles. The Morgan fingerprint density at radius 1 is 1.30 bits per heavy atom. The molecule has 0 saturated carbocycles. The van der Waals surface area contributed by atoms with Crippen molar-refractivity contribution < 1.29 is 9.53 Å². The van der Waals surface area contributed by atoms with Gasteiger partial charge in [0.25, 0.3) is 0 Å². The summed E-state index contributed by atoms with van der Waals surface area (Å²) in [6, 6.07) is 0. The lowest BCUT2D eigenvalue weighted by molar-refractivity contribution is -0.122. The van der Waals surface area contributed by atoms with E-state index in [1.165, 1.54) is 0 Å². The third-order valence-corrected chi connectivity index (χ3v) is 5.17. The van der Waals surface area contributed by atoms with Gasteiger partial charge in [-0.1, -0.05) is 5.21 Å². The highest BCUT2D eigenvalue weighted by atomic mass is 16.5. The molecule has 0 bridgehead atoms. The summed E-state index contributed by atoms with van der Waals surface area (Å²) in [4.78, 5) is 25.3. The molecule has 2 fully saturated rings. The molecule has 1 atom stereocenters. The zero-order chi connectivity index (χ0) is 18.6. The van der Waals surface area contributed by atoms with Crippen LogP contribution in [0.2, 0.25) is 0 Å². The molecule has 2 aromatic rings. The number of piperazine rings is 1. The summed E-state index contributed by atoms with van der Waals surface area (Å²) >= 11 is 0. The summed E-state index contributed by atoms with van der Waals surface area (Å²) in [5.41, 5.74) is 1.50. The fourth-order valence-corrected chi connectivity index (χ4v) is 3.63. The van der Waals surface area contributed by atoms with E-state index < -0.39 is 0 Å². The maximum Gasteiger partial charge on any atom is 0.234 e. The Kier molecular flexibility index (Phi) is 5.44. The van der Waals surface area contributed by atoms with E-state index in [0.717, 1.165) is 69.2 Å². The minimum absolute atomic E-state index is 0.0641. The van der Waals surface area contributed by atoms with Gasteiger partial charge in [-0.15, -0.1) is 5.10 Å². The molecule has 0 spiro atoms. The second kappa shape index (κ2) is 8.13. The van der Waals surface area contributed by atoms with Crippen LogP contribution >= 0.6 is 0 Å². The smallest absolute Gasteiger partial charge is 0.234 e. The van der Waals surface area contributed by atoms with Crippen LogP contribution in [0.3, 0.4) is 0 Å². The van der Waals surface area contributed by atoms with Crippen LogP contribution in [0.5, 0.6) is 0 Å². The molecular formula is C17H26N8O2. The predicted octanol–water partition coefficient (Wildman–Crippen LogP) is -0.342. The monoisotopic (exact) mass is 374 g/mol. The SMILES string of the molecule is CCn1nnc2c(N3CCN(CC(=O)NCC4CCCO4)CC3)ncnc21. The summed E-state index contributed by atoms with van der Waals surface area (Å²) in [6.07, 6.45) is 3.88. The highest BCUT2D eigenvalue weighted by Crippen LogP contribution is 2.21. The van der Waals surface area contributed by atoms with Crippen molar-refractivity contribution in [3.05, 3.63) is 6.33 Å². The number of aromatic nitrogens is 5. The van der Waals surface area contributed by atoms with Crippen molar-refractivity contribution in [2.75, 3.05) is 50.8 Å². The Bertz CT molecular complexity index is 780. The second-order valence-corrected chi connectivity index (χ2v) is 6.98. The first kappa shape index (κ1) is 18.1. The molecule has 0 radical (unpaired) electrons. The third kappa shape index (κ3) is 4.01. The van der Waals surface area contributed by atoms with E-state index in [1.807, 2.05) is 6.92 Å². The Labute approximate surface area is 157 Å². The lowest BCUT2D eigenvalue weighted by Crippen LogP contribution is -2.50. The number of hydrogen-bond acceptors (Lipinski definition) is 8. The fraction of sp³-hybridized carbons (Fsp3) is 0.706. The first-order valence-corrected chi connectivity index (χ1v) is 9.64. The van der Waals surface area contributed by atoms with Gasteiger partial charge in [0.15, 0.2) is 17.0 Å². The molecule has 10 nitrogen and oxygen atoms in total. The number of nitrogens with zero attached hydrogens (tertiary/aromatic N) is 7. The molecule has 4 rings (SSSR count). The van der Waals surface area contributed by atoms with Gasteiger partial charge in [-0.2, -0.15) is 0 Å². The van der Waals surface area contributed by atoms with Crippen molar-refractivity contribution >= 4 is 22.9 Å². The molecule has 27 heavy (non-hydrogen) atoms. The molecule has 2 aliphatic rings. The highest BCUT2D eigenvalue weighted by Gasteiger charge is 2.23. The summed E-state index contributed by atoms with van der Waals surface area (Å²) in [7, 11) is 0. The zero-order valence-corrected chi connectivity index (χ0v) is 15.7. The lowest BCUT2D eigenvalue weighted by atomic mass is 10.2. The number of nitrogens with one attached hydrogen (secondary N) is 1. The van der Waals surface area contributed by atoms with Crippen molar-refractivity contribution in [2.45, 2.75) is 32.4 Å². The van der Waals surface area contributed by atoms with E-state index in [9.17, 15) is 4.79 Å². The molecule has 2 aliphatic heterocycles. The van der Waals surface area contributed by atoms with Gasteiger partial charge in [0.05, 0.1) is 12.6 Å². The van der Waals surface area contributed by atoms with Crippen LogP contribution in [0.25, 0.3) is 11.2 Å². The quantitative estimate of drug-likeness (QED) is 0.733. The minimum atomic E-state index is 0.0641. The van der Waals surface area contributed by atoms with Gasteiger partial charge < -0.3 is 15.0 Å². The number of amides is 1. The van der Waals surface area contributed by atoms with Crippen LogP contribution in [-0.2, 0) is 16.1 Å². The molecule has 146 valence electrons. The van der Waals surface area contributed by atoms with E-state index in [1.54, 1.807) is 11.0 Å². The van der Waals surface area contributed by atoms with E-state index in [2.05, 4.69) is 35.4 Å². The van der Waals surface area contributed by atoms with E-state index in [4.69, 9.17) is 4.74 Å². The van der Waals surface area contributed by atoms with Gasteiger partial charge in [0, 0.05) is 45.9 Å². The van der Waals surface area contributed by atoms with Crippen LogP contribution in [0.4, 0.5) is 5.82 Å². The fourth-order valence-electron chi connectivity index (χ4n) is 3.63. The van der Waals surface area contributed by atoms with Gasteiger partial charge >= 0.3 is 0 Å². The molecule has 1 N–H and O–H groups in total. The number of aryl methyl sites for hydroxylation is 1. The van der Waals surface area contributed by atoms with Crippen LogP contribution in [0, 0.1) is 0 Å². The normalized spacial score (nSPS) is 21.1. The standard InChI is InChI=1S/C17H26N8O2/c1-2-25-17-15(21-22-25)16(19-12-20-17)24-7-5-23(6-8-24)11-14(26)18-10-13-4-3-9-27-13/h12-13H,2-11H2,1H3,(H,18,26). The zero-order valence-electron chi connectivity index (χ0n) is 15.7. The average Bonchev–Trinajstić information content (AvgIpc) is 3.36. The lowest BCUT2D eigenvalue weighted by Gasteiger charge is -2.34. The number of hydrogen-bond donors (Lipinski definition) is 1. The molecule has 0 aromatic carbocycles. The van der Waals surface area contributed by atoms with Gasteiger partial charge in [-0.3, -0.25) is 9.69 Å². The topological polar surface area (TPSA) is 101 Å². The van der Waals surface area contributed by atoms with Crippen LogP contribution in [-0.4, -0.2) is 87.7 Å². The minimum Gasteiger partial charge on any atom is -0.376 e. The molecular weight excluding hydrogens is 348 g/mol. The number of ether oxygens (including phenoxy) is 1. The third-order valence-electron chi connectivity index (χ3n) is 5.17. The average molecular weight is 374 g/mol. The van der Waals surface area contributed by atoms with Gasteiger partial charge in [0.2, 0.25) is 5.91 Å². The van der Waals surface area contributed by atoms with E-state index in [-0.39, 0.29) is 12.0 Å². The van der Waals surface area contributed by atoms with Crippen molar-refractivity contribution in [1.29, 1.82) is 0 Å². The molecule has 4 heterocycles. The second-order valence-electron chi connectivity index (χ2n) is 6.98. The Morgan fingerprint density at radius 3 is 2.89 bits per heavy atom. The molecule has 0 aliphatic carbocycles. The van der Waals surface area contributed by atoms with Crippen LogP contribution in [0.1, 0.15) is 19.8 Å². The predicted molar refractivity (Wildman–Crippen MR) is 99.4 cm³/mol. The number of fused-ring (bicyclic) bond motifs is 1. The van der Waals surface area contributed by atoms with Gasteiger partial charge in [-0.25, -0.2) is 14.6 Å². The first-order chi connectivity index (χ1) is 13.2. The van der Waals surface area contributed by atoms with Crippen molar-refractivity contribution in [2.24, 2.45) is 0 Å². The van der Waals surface area contributed by atoms with E-state index in [0.29, 0.717) is 13.1 Å². The summed E-state index contributed by atoms with van der Waals surface area (Å²) in [6.45, 7) is 7.79. The van der Waals surface area contributed by atoms with Crippen molar-refractivity contribution in [3.8, 4) is 0 Å². The Balaban J connectivity index is 1.30. The first-order valence-electron chi connectivity index (χ1n) is 9.64. The Morgan fingerprint density at radius 2 is 2.15 bits per heavy atom. The molecule has 10 heteroatoms. The van der Waals surface area contributed by atoms with E-state index >= 15 is 0 Å². The van der Waals surface area contributed by atoms with Gasteiger partial charge in [0.1, 0.15) is 6.33 Å². The molecule has 1 unspecified atom stereocenters. The van der Waals surface area contributed by atoms with Crippen molar-refractivity contribution in [3.63, 3.8) is 0 Å². The van der Waals surface area contributed by atoms with Crippen LogP contribution in [0.15, 0.2) is 6.33 Å². The number of carbonyl (C=O) groups is 1. The van der Waals surface area contributed by atoms with Crippen LogP contribution < -0.4 is 10.2 Å². The van der Waals surface area contributed by atoms with Gasteiger partial charge in [-0.05, 0) is 19.8 Å². The number of anilines is 1. The Hall–Kier alpha value is -2.33. The maximum absolute atomic E-state index is 12.2. The highest BCUT2D eigenvalue weighted by molar-refractivity contribution is 5.82.